The first-order valence-electron chi connectivity index (χ1n) is 4.94. The van der Waals surface area contributed by atoms with E-state index < -0.39 is 11.5 Å². The van der Waals surface area contributed by atoms with E-state index in [0.717, 1.165) is 0 Å². The summed E-state index contributed by atoms with van der Waals surface area (Å²) in [5.41, 5.74) is 4.44. The highest BCUT2D eigenvalue weighted by molar-refractivity contribution is 5.82. The van der Waals surface area contributed by atoms with Gasteiger partial charge in [-0.1, -0.05) is 0 Å². The third-order valence-corrected chi connectivity index (χ3v) is 2.63. The summed E-state index contributed by atoms with van der Waals surface area (Å²) in [5.74, 6) is -1.14. The smallest absolute Gasteiger partial charge is 0.325 e. The maximum absolute atomic E-state index is 11.5. The summed E-state index contributed by atoms with van der Waals surface area (Å²) < 4.78 is 0. The van der Waals surface area contributed by atoms with Gasteiger partial charge in [-0.25, -0.2) is 0 Å². The van der Waals surface area contributed by atoms with Crippen molar-refractivity contribution in [3.05, 3.63) is 0 Å². The van der Waals surface area contributed by atoms with Gasteiger partial charge < -0.3 is 21.1 Å². The van der Waals surface area contributed by atoms with Crippen LogP contribution in [0.4, 0.5) is 0 Å². The summed E-state index contributed by atoms with van der Waals surface area (Å²) in [6.07, 6.45) is 1.06. The zero-order chi connectivity index (χ0) is 11.5. The van der Waals surface area contributed by atoms with Crippen LogP contribution < -0.4 is 11.1 Å². The molecule has 0 saturated carbocycles. The van der Waals surface area contributed by atoms with Crippen LogP contribution >= 0.6 is 0 Å². The van der Waals surface area contributed by atoms with Crippen LogP contribution in [0.3, 0.4) is 0 Å². The lowest BCUT2D eigenvalue weighted by molar-refractivity contribution is -0.147. The van der Waals surface area contributed by atoms with Gasteiger partial charge in [0.25, 0.3) is 0 Å². The van der Waals surface area contributed by atoms with Crippen LogP contribution in [0.2, 0.25) is 0 Å². The van der Waals surface area contributed by atoms with E-state index in [0.29, 0.717) is 19.4 Å². The Morgan fingerprint density at radius 1 is 1.60 bits per heavy atom. The third kappa shape index (κ3) is 2.66. The molecule has 1 atom stereocenters. The predicted octanol–water partition coefficient (Wildman–Crippen LogP) is -1.39. The first kappa shape index (κ1) is 11.9. The summed E-state index contributed by atoms with van der Waals surface area (Å²) in [7, 11) is 1.68. The van der Waals surface area contributed by atoms with Crippen molar-refractivity contribution in [2.24, 2.45) is 5.73 Å². The van der Waals surface area contributed by atoms with Gasteiger partial charge in [-0.15, -0.1) is 0 Å². The number of nitrogens with one attached hydrogen (secondary N) is 1. The van der Waals surface area contributed by atoms with Crippen molar-refractivity contribution >= 4 is 11.9 Å². The molecule has 0 spiro atoms. The Balaban J connectivity index is 2.63. The van der Waals surface area contributed by atoms with Crippen molar-refractivity contribution in [2.45, 2.75) is 18.4 Å². The van der Waals surface area contributed by atoms with Crippen LogP contribution in [-0.2, 0) is 9.59 Å². The fourth-order valence-electron chi connectivity index (χ4n) is 1.73. The number of aliphatic carboxylic acids is 1. The molecule has 0 aliphatic carbocycles. The number of carboxylic acids is 1. The molecule has 0 bridgehead atoms. The Morgan fingerprint density at radius 3 is 2.80 bits per heavy atom. The number of nitrogens with two attached hydrogens (primary N) is 1. The molecule has 1 aliphatic rings. The number of likely N-dealkylation sites (tertiary alicyclic amines) is 1. The van der Waals surface area contributed by atoms with E-state index >= 15 is 0 Å². The Bertz CT molecular complexity index is 269. The number of nitrogens with zero attached hydrogens (tertiary/aromatic N) is 1. The molecule has 15 heavy (non-hydrogen) atoms. The van der Waals surface area contributed by atoms with Crippen molar-refractivity contribution in [1.29, 1.82) is 0 Å². The summed E-state index contributed by atoms with van der Waals surface area (Å²) in [4.78, 5) is 24.0. The molecule has 1 saturated heterocycles. The van der Waals surface area contributed by atoms with E-state index in [2.05, 4.69) is 5.32 Å². The molecule has 0 unspecified atom stereocenters. The Morgan fingerprint density at radius 2 is 2.27 bits per heavy atom. The second-order valence-corrected chi connectivity index (χ2v) is 3.91. The molecule has 0 aromatic rings. The Labute approximate surface area is 88.4 Å². The second kappa shape index (κ2) is 4.59. The Kier molecular flexibility index (Phi) is 3.65. The monoisotopic (exact) mass is 215 g/mol. The van der Waals surface area contributed by atoms with Gasteiger partial charge in [0.05, 0.1) is 6.54 Å². The van der Waals surface area contributed by atoms with Crippen LogP contribution in [0.1, 0.15) is 12.8 Å². The minimum atomic E-state index is -1.28. The number of hydrogen-bond donors (Lipinski definition) is 3. The topological polar surface area (TPSA) is 95.7 Å². The maximum Gasteiger partial charge on any atom is 0.325 e. The quantitative estimate of drug-likeness (QED) is 0.538. The third-order valence-electron chi connectivity index (χ3n) is 2.63. The average Bonchev–Trinajstić information content (AvgIpc) is 2.18. The van der Waals surface area contributed by atoms with Crippen molar-refractivity contribution in [3.63, 3.8) is 0 Å². The zero-order valence-electron chi connectivity index (χ0n) is 8.82. The van der Waals surface area contributed by atoms with Crippen molar-refractivity contribution in [2.75, 3.05) is 26.7 Å². The molecule has 6 heteroatoms. The molecule has 86 valence electrons. The lowest BCUT2D eigenvalue weighted by Gasteiger charge is -2.37. The lowest BCUT2D eigenvalue weighted by atomic mass is 9.90. The maximum atomic E-state index is 11.5. The lowest BCUT2D eigenvalue weighted by Crippen LogP contribution is -2.61. The van der Waals surface area contributed by atoms with Gasteiger partial charge in [-0.3, -0.25) is 9.59 Å². The molecule has 6 nitrogen and oxygen atoms in total. The zero-order valence-corrected chi connectivity index (χ0v) is 8.82. The molecule has 4 N–H and O–H groups in total. The highest BCUT2D eigenvalue weighted by Crippen LogP contribution is 2.18. The van der Waals surface area contributed by atoms with Gasteiger partial charge in [0.2, 0.25) is 5.91 Å². The predicted molar refractivity (Wildman–Crippen MR) is 54.3 cm³/mol. The number of hydrogen-bond acceptors (Lipinski definition) is 4. The number of amides is 1. The van der Waals surface area contributed by atoms with Gasteiger partial charge >= 0.3 is 5.97 Å². The largest absolute Gasteiger partial charge is 0.480 e. The first-order chi connectivity index (χ1) is 6.99. The van der Waals surface area contributed by atoms with Crippen molar-refractivity contribution < 1.29 is 14.7 Å². The summed E-state index contributed by atoms with van der Waals surface area (Å²) in [6.45, 7) is 0.908. The van der Waals surface area contributed by atoms with E-state index in [1.165, 1.54) is 4.90 Å². The van der Waals surface area contributed by atoms with Crippen LogP contribution in [-0.4, -0.2) is 54.1 Å². The molecule has 1 fully saturated rings. The van der Waals surface area contributed by atoms with Crippen LogP contribution in [0.25, 0.3) is 0 Å². The van der Waals surface area contributed by atoms with E-state index in [1.54, 1.807) is 7.05 Å². The highest BCUT2D eigenvalue weighted by Gasteiger charge is 2.39. The van der Waals surface area contributed by atoms with Gasteiger partial charge in [0, 0.05) is 13.1 Å². The summed E-state index contributed by atoms with van der Waals surface area (Å²) >= 11 is 0. The van der Waals surface area contributed by atoms with Gasteiger partial charge in [-0.2, -0.15) is 0 Å². The fourth-order valence-corrected chi connectivity index (χ4v) is 1.73. The van der Waals surface area contributed by atoms with Gasteiger partial charge in [0.15, 0.2) is 0 Å². The van der Waals surface area contributed by atoms with Crippen LogP contribution in [0.5, 0.6) is 0 Å². The second-order valence-electron chi connectivity index (χ2n) is 3.91. The minimum absolute atomic E-state index is 0.100. The normalized spacial score (nSPS) is 26.4. The van der Waals surface area contributed by atoms with E-state index in [4.69, 9.17) is 10.8 Å². The van der Waals surface area contributed by atoms with Crippen molar-refractivity contribution in [1.82, 2.24) is 10.2 Å². The van der Waals surface area contributed by atoms with Crippen molar-refractivity contribution in [3.8, 4) is 0 Å². The SMILES string of the molecule is CNCC(=O)N1CCC[C@](N)(C(=O)O)C1. The van der Waals surface area contributed by atoms with Gasteiger partial charge in [0.1, 0.15) is 5.54 Å². The fraction of sp³-hybridized carbons (Fsp3) is 0.778. The minimum Gasteiger partial charge on any atom is -0.480 e. The molecular formula is C9H17N3O3. The number of carbonyl (C=O) groups excluding carboxylic acids is 1. The van der Waals surface area contributed by atoms with Crippen LogP contribution in [0.15, 0.2) is 0 Å². The average molecular weight is 215 g/mol. The number of likely N-dealkylation sites (N-methyl/N-ethyl adjacent to an activating group) is 1. The molecule has 0 aromatic carbocycles. The summed E-state index contributed by atoms with van der Waals surface area (Å²) in [6, 6.07) is 0. The molecular weight excluding hydrogens is 198 g/mol. The molecule has 1 rings (SSSR count). The molecule has 0 aromatic heterocycles. The standard InChI is InChI=1S/C9H17N3O3/c1-11-5-7(13)12-4-2-3-9(10,6-12)8(14)15/h11H,2-6,10H2,1H3,(H,14,15)/t9-/m1/s1. The number of piperidine rings is 1. The van der Waals surface area contributed by atoms with E-state index in [9.17, 15) is 9.59 Å². The number of carboxylic acid groups (broad SMARTS) is 1. The number of carbonyl (C=O) groups is 2. The Hall–Kier alpha value is -1.14. The van der Waals surface area contributed by atoms with Crippen LogP contribution in [0, 0.1) is 0 Å². The van der Waals surface area contributed by atoms with E-state index in [-0.39, 0.29) is 19.0 Å². The number of rotatable bonds is 3. The first-order valence-corrected chi connectivity index (χ1v) is 4.94. The van der Waals surface area contributed by atoms with E-state index in [1.807, 2.05) is 0 Å². The highest BCUT2D eigenvalue weighted by atomic mass is 16.4. The summed E-state index contributed by atoms with van der Waals surface area (Å²) in [5, 5.41) is 11.7. The molecule has 1 aliphatic heterocycles. The molecule has 1 heterocycles. The molecule has 0 radical (unpaired) electrons. The van der Waals surface area contributed by atoms with Gasteiger partial charge in [-0.05, 0) is 19.9 Å². The molecule has 1 amide bonds.